The summed E-state index contributed by atoms with van der Waals surface area (Å²) in [5.74, 6) is 0.491. The van der Waals surface area contributed by atoms with E-state index in [2.05, 4.69) is 25.4 Å². The minimum Gasteiger partial charge on any atom is -0.365 e. The van der Waals surface area contributed by atoms with Gasteiger partial charge in [0.05, 0.1) is 10.3 Å². The van der Waals surface area contributed by atoms with Gasteiger partial charge in [-0.2, -0.15) is 23.5 Å². The summed E-state index contributed by atoms with van der Waals surface area (Å²) in [7, 11) is -2.46. The van der Waals surface area contributed by atoms with Crippen molar-refractivity contribution in [1.29, 1.82) is 0 Å². The van der Waals surface area contributed by atoms with Gasteiger partial charge in [0.2, 0.25) is 5.28 Å². The van der Waals surface area contributed by atoms with Crippen molar-refractivity contribution in [3.63, 3.8) is 0 Å². The minimum absolute atomic E-state index is 0.0717. The van der Waals surface area contributed by atoms with E-state index in [1.165, 1.54) is 12.1 Å². The lowest BCUT2D eigenvalue weighted by atomic mass is 10.1. The van der Waals surface area contributed by atoms with E-state index in [-0.39, 0.29) is 10.2 Å². The Morgan fingerprint density at radius 1 is 1.17 bits per heavy atom. The predicted molar refractivity (Wildman–Crippen MR) is 108 cm³/mol. The normalized spacial score (nSPS) is 11.7. The van der Waals surface area contributed by atoms with Crippen molar-refractivity contribution >= 4 is 38.6 Å². The molecule has 0 radical (unpaired) electrons. The molecule has 0 spiro atoms. The van der Waals surface area contributed by atoms with Crippen molar-refractivity contribution in [2.45, 2.75) is 11.4 Å². The van der Waals surface area contributed by atoms with Crippen molar-refractivity contribution < 1.29 is 13.0 Å². The summed E-state index contributed by atoms with van der Waals surface area (Å²) in [6.07, 6.45) is 3.38. The zero-order valence-corrected chi connectivity index (χ0v) is 16.7. The molecule has 29 heavy (non-hydrogen) atoms. The maximum absolute atomic E-state index is 11.2. The number of aromatic nitrogens is 5. The molecule has 1 aromatic carbocycles. The van der Waals surface area contributed by atoms with Crippen LogP contribution in [0, 0.1) is 0 Å². The van der Waals surface area contributed by atoms with Crippen molar-refractivity contribution in [1.82, 2.24) is 24.7 Å². The second-order valence-electron chi connectivity index (χ2n) is 6.23. The minimum atomic E-state index is -4.23. The summed E-state index contributed by atoms with van der Waals surface area (Å²) < 4.78 is 33.1. The van der Waals surface area contributed by atoms with Gasteiger partial charge in [0, 0.05) is 31.5 Å². The van der Waals surface area contributed by atoms with Crippen molar-refractivity contribution in [2.24, 2.45) is 7.05 Å². The third kappa shape index (κ3) is 3.90. The van der Waals surface area contributed by atoms with Gasteiger partial charge in [-0.15, -0.1) is 0 Å². The third-order valence-corrected chi connectivity index (χ3v) is 5.31. The van der Waals surface area contributed by atoms with Gasteiger partial charge in [0.1, 0.15) is 11.5 Å². The lowest BCUT2D eigenvalue weighted by molar-refractivity contribution is 0.483. The highest BCUT2D eigenvalue weighted by molar-refractivity contribution is 7.85. The molecule has 3 aromatic heterocycles. The largest absolute Gasteiger partial charge is 0.365 e. The summed E-state index contributed by atoms with van der Waals surface area (Å²) in [6.45, 7) is 0.343. The second-order valence-corrected chi connectivity index (χ2v) is 7.99. The SMILES string of the molecule is Cn1nc(-c2cccnc2)c2c(NCc3ccc(S(=O)(=O)O)cc3)nc(Cl)nc21. The van der Waals surface area contributed by atoms with E-state index in [0.29, 0.717) is 29.1 Å². The van der Waals surface area contributed by atoms with E-state index in [4.69, 9.17) is 16.2 Å². The lowest BCUT2D eigenvalue weighted by Crippen LogP contribution is -2.04. The summed E-state index contributed by atoms with van der Waals surface area (Å²) in [5.41, 5.74) is 2.82. The van der Waals surface area contributed by atoms with Gasteiger partial charge in [0.15, 0.2) is 5.65 Å². The van der Waals surface area contributed by atoms with Gasteiger partial charge in [-0.25, -0.2) is 4.68 Å². The Kier molecular flexibility index (Phi) is 4.91. The number of halogens is 1. The molecule has 4 rings (SSSR count). The van der Waals surface area contributed by atoms with Gasteiger partial charge in [0.25, 0.3) is 10.1 Å². The Morgan fingerprint density at radius 3 is 2.59 bits per heavy atom. The highest BCUT2D eigenvalue weighted by Crippen LogP contribution is 2.32. The summed E-state index contributed by atoms with van der Waals surface area (Å²) in [4.78, 5) is 12.6. The molecule has 0 aliphatic heterocycles. The number of nitrogens with one attached hydrogen (secondary N) is 1. The van der Waals surface area contributed by atoms with Crippen LogP contribution in [0.1, 0.15) is 5.56 Å². The number of pyridine rings is 1. The molecule has 0 fully saturated rings. The Hall–Kier alpha value is -3.08. The number of hydrogen-bond donors (Lipinski definition) is 2. The molecule has 0 unspecified atom stereocenters. The Labute approximate surface area is 171 Å². The highest BCUT2D eigenvalue weighted by atomic mass is 35.5. The van der Waals surface area contributed by atoms with Gasteiger partial charge in [-0.05, 0) is 41.4 Å². The third-order valence-electron chi connectivity index (χ3n) is 4.27. The van der Waals surface area contributed by atoms with Crippen molar-refractivity contribution in [3.05, 3.63) is 59.6 Å². The number of aryl methyl sites for hydroxylation is 1. The topological polar surface area (TPSA) is 123 Å². The fourth-order valence-corrected chi connectivity index (χ4v) is 3.56. The van der Waals surface area contributed by atoms with E-state index in [9.17, 15) is 8.42 Å². The Balaban J connectivity index is 1.72. The first-order valence-corrected chi connectivity index (χ1v) is 10.3. The van der Waals surface area contributed by atoms with Gasteiger partial charge >= 0.3 is 0 Å². The van der Waals surface area contributed by atoms with Crippen LogP contribution in [0.25, 0.3) is 22.3 Å². The average Bonchev–Trinajstić information content (AvgIpc) is 3.03. The van der Waals surface area contributed by atoms with E-state index in [1.54, 1.807) is 36.3 Å². The second kappa shape index (κ2) is 7.39. The summed E-state index contributed by atoms with van der Waals surface area (Å²) >= 11 is 6.09. The molecule has 0 aliphatic carbocycles. The van der Waals surface area contributed by atoms with Crippen LogP contribution in [0.2, 0.25) is 5.28 Å². The predicted octanol–water partition coefficient (Wildman–Crippen LogP) is 2.94. The highest BCUT2D eigenvalue weighted by Gasteiger charge is 2.18. The molecule has 148 valence electrons. The first kappa shape index (κ1) is 19.2. The van der Waals surface area contributed by atoms with Crippen LogP contribution in [0.4, 0.5) is 5.82 Å². The maximum atomic E-state index is 11.2. The van der Waals surface area contributed by atoms with Crippen LogP contribution >= 0.6 is 11.6 Å². The summed E-state index contributed by atoms with van der Waals surface area (Å²) in [6, 6.07) is 9.57. The Morgan fingerprint density at radius 2 is 1.93 bits per heavy atom. The van der Waals surface area contributed by atoms with Gasteiger partial charge in [-0.1, -0.05) is 12.1 Å². The first-order valence-electron chi connectivity index (χ1n) is 8.44. The standard InChI is InChI=1S/C18H15ClN6O3S/c1-25-17-14(15(24-25)12-3-2-8-20-10-12)16(22-18(19)23-17)21-9-11-4-6-13(7-5-11)29(26,27)28/h2-8,10H,9H2,1H3,(H,21,22,23)(H,26,27,28). The molecule has 3 heterocycles. The number of benzene rings is 1. The van der Waals surface area contributed by atoms with Crippen LogP contribution in [-0.2, 0) is 23.7 Å². The molecular formula is C18H15ClN6O3S. The smallest absolute Gasteiger partial charge is 0.294 e. The molecule has 2 N–H and O–H groups in total. The molecule has 9 nitrogen and oxygen atoms in total. The molecule has 0 amide bonds. The average molecular weight is 431 g/mol. The van der Waals surface area contributed by atoms with Crippen LogP contribution < -0.4 is 5.32 Å². The van der Waals surface area contributed by atoms with Crippen LogP contribution in [0.5, 0.6) is 0 Å². The zero-order valence-electron chi connectivity index (χ0n) is 15.1. The molecule has 11 heteroatoms. The van der Waals surface area contributed by atoms with E-state index in [0.717, 1.165) is 11.1 Å². The van der Waals surface area contributed by atoms with Crippen LogP contribution in [-0.4, -0.2) is 37.7 Å². The quantitative estimate of drug-likeness (QED) is 0.366. The van der Waals surface area contributed by atoms with Crippen LogP contribution in [0.3, 0.4) is 0 Å². The van der Waals surface area contributed by atoms with E-state index < -0.39 is 10.1 Å². The number of hydrogen-bond acceptors (Lipinski definition) is 7. The summed E-state index contributed by atoms with van der Waals surface area (Å²) in [5, 5.41) is 8.51. The fourth-order valence-electron chi connectivity index (χ4n) is 2.92. The molecule has 0 saturated carbocycles. The van der Waals surface area contributed by atoms with Crippen LogP contribution in [0.15, 0.2) is 53.7 Å². The molecule has 0 aliphatic rings. The molecule has 0 bridgehead atoms. The van der Waals surface area contributed by atoms with Gasteiger partial charge < -0.3 is 5.32 Å². The van der Waals surface area contributed by atoms with Crippen molar-refractivity contribution in [3.8, 4) is 11.3 Å². The fraction of sp³-hybridized carbons (Fsp3) is 0.111. The number of rotatable bonds is 5. The Bertz CT molecular complexity index is 1290. The molecular weight excluding hydrogens is 416 g/mol. The van der Waals surface area contributed by atoms with E-state index in [1.807, 2.05) is 12.1 Å². The number of fused-ring (bicyclic) bond motifs is 1. The number of anilines is 1. The number of nitrogens with zero attached hydrogens (tertiary/aromatic N) is 5. The monoisotopic (exact) mass is 430 g/mol. The maximum Gasteiger partial charge on any atom is 0.294 e. The zero-order chi connectivity index (χ0) is 20.6. The lowest BCUT2D eigenvalue weighted by Gasteiger charge is -2.09. The van der Waals surface area contributed by atoms with Crippen molar-refractivity contribution in [2.75, 3.05) is 5.32 Å². The molecule has 0 saturated heterocycles. The molecule has 0 atom stereocenters. The molecule has 4 aromatic rings. The van der Waals surface area contributed by atoms with Gasteiger partial charge in [-0.3, -0.25) is 9.54 Å². The first-order chi connectivity index (χ1) is 13.8. The van der Waals surface area contributed by atoms with E-state index >= 15 is 0 Å².